The van der Waals surface area contributed by atoms with Crippen LogP contribution in [0.25, 0.3) is 11.0 Å². The van der Waals surface area contributed by atoms with Crippen molar-refractivity contribution in [2.45, 2.75) is 45.6 Å². The number of hydrogen-bond donors (Lipinski definition) is 2. The number of carbonyl (C=O) groups is 1. The van der Waals surface area contributed by atoms with E-state index in [1.807, 2.05) is 6.07 Å². The largest absolute Gasteiger partial charge is 0.427 e. The molecule has 1 aliphatic carbocycles. The van der Waals surface area contributed by atoms with Gasteiger partial charge in [0.2, 0.25) is 0 Å². The van der Waals surface area contributed by atoms with Gasteiger partial charge in [0.1, 0.15) is 5.65 Å². The molecule has 0 radical (unpaired) electrons. The van der Waals surface area contributed by atoms with Crippen LogP contribution >= 0.6 is 0 Å². The lowest BCUT2D eigenvalue weighted by Gasteiger charge is -2.32. The molecule has 3 aromatic rings. The molecule has 2 N–H and O–H groups in total. The van der Waals surface area contributed by atoms with E-state index in [1.165, 1.54) is 12.0 Å². The Labute approximate surface area is 201 Å². The Bertz CT molecular complexity index is 1410. The van der Waals surface area contributed by atoms with Crippen molar-refractivity contribution in [2.75, 3.05) is 31.1 Å². The van der Waals surface area contributed by atoms with Gasteiger partial charge in [0.15, 0.2) is 11.3 Å². The van der Waals surface area contributed by atoms with Gasteiger partial charge in [-0.1, -0.05) is 12.8 Å². The Morgan fingerprint density at radius 3 is 2.49 bits per heavy atom. The number of aryl methyl sites for hydroxylation is 1. The summed E-state index contributed by atoms with van der Waals surface area (Å²) in [6, 6.07) is 3.49. The molecule has 0 atom stereocenters. The summed E-state index contributed by atoms with van der Waals surface area (Å²) in [6.07, 6.45) is 6.91. The molecule has 1 saturated carbocycles. The zero-order chi connectivity index (χ0) is 24.7. The fourth-order valence-corrected chi connectivity index (χ4v) is 5.10. The lowest BCUT2D eigenvalue weighted by molar-refractivity contribution is -0.0936. The second kappa shape index (κ2) is 9.23. The molecule has 2 fully saturated rings. The number of aromatic nitrogens is 4. The van der Waals surface area contributed by atoms with Crippen molar-refractivity contribution in [1.29, 1.82) is 0 Å². The molecular weight excluding hydrogens is 450 g/mol. The summed E-state index contributed by atoms with van der Waals surface area (Å²) in [7, 11) is 0. The normalized spacial score (nSPS) is 18.0. The molecule has 2 aliphatic rings. The molecule has 0 bridgehead atoms. The Hall–Kier alpha value is -3.57. The van der Waals surface area contributed by atoms with Crippen LogP contribution in [0, 0.1) is 6.92 Å². The van der Waals surface area contributed by atoms with Crippen LogP contribution in [0.1, 0.15) is 54.6 Å². The van der Waals surface area contributed by atoms with Gasteiger partial charge in [0, 0.05) is 43.8 Å². The highest BCUT2D eigenvalue weighted by Gasteiger charge is 2.26. The summed E-state index contributed by atoms with van der Waals surface area (Å²) in [4.78, 5) is 41.1. The minimum atomic E-state index is -0.316. The lowest BCUT2D eigenvalue weighted by atomic mass is 10.0. The van der Waals surface area contributed by atoms with Crippen molar-refractivity contribution in [3.8, 4) is 0 Å². The van der Waals surface area contributed by atoms with Gasteiger partial charge in [-0.05, 0) is 44.4 Å². The maximum Gasteiger partial charge on any atom is 0.263 e. The number of fused-ring (bicyclic) bond motifs is 1. The first-order valence-corrected chi connectivity index (χ1v) is 11.9. The quantitative estimate of drug-likeness (QED) is 0.430. The minimum absolute atomic E-state index is 0.0205. The molecule has 11 nitrogen and oxygen atoms in total. The second-order valence-corrected chi connectivity index (χ2v) is 9.22. The van der Waals surface area contributed by atoms with Gasteiger partial charge in [0.25, 0.3) is 11.5 Å². The number of ketones is 1. The first kappa shape index (κ1) is 23.2. The Balaban J connectivity index is 1.59. The number of pyridine rings is 2. The van der Waals surface area contributed by atoms with E-state index < -0.39 is 0 Å². The first-order chi connectivity index (χ1) is 16.8. The fourth-order valence-electron chi connectivity index (χ4n) is 5.10. The Morgan fingerprint density at radius 2 is 1.83 bits per heavy atom. The SMILES string of the molecule is CC(=O)c1c(C)c2cnc(N=c3ccc(N4CCN(O)CC4)cn3O)nc2n(C2CCCC2)c1=O. The maximum atomic E-state index is 13.3. The van der Waals surface area contributed by atoms with Crippen molar-refractivity contribution in [3.05, 3.63) is 51.5 Å². The summed E-state index contributed by atoms with van der Waals surface area (Å²) in [5.41, 5.74) is 1.94. The zero-order valence-electron chi connectivity index (χ0n) is 19.9. The third-order valence-electron chi connectivity index (χ3n) is 6.97. The molecule has 3 aromatic heterocycles. The second-order valence-electron chi connectivity index (χ2n) is 9.22. The first-order valence-electron chi connectivity index (χ1n) is 11.9. The van der Waals surface area contributed by atoms with E-state index in [9.17, 15) is 20.0 Å². The topological polar surface area (TPSA) is 129 Å². The smallest absolute Gasteiger partial charge is 0.263 e. The number of hydrogen-bond acceptors (Lipinski definition) is 9. The Kier molecular flexibility index (Phi) is 6.12. The number of hydroxylamine groups is 2. The fraction of sp³-hybridized carbons (Fsp3) is 0.458. The van der Waals surface area contributed by atoms with Crippen molar-refractivity contribution in [1.82, 2.24) is 24.3 Å². The molecule has 35 heavy (non-hydrogen) atoms. The summed E-state index contributed by atoms with van der Waals surface area (Å²) in [5, 5.41) is 22.0. The van der Waals surface area contributed by atoms with Crippen LogP contribution in [-0.4, -0.2) is 66.7 Å². The van der Waals surface area contributed by atoms with Crippen LogP contribution in [-0.2, 0) is 0 Å². The van der Waals surface area contributed by atoms with Crippen molar-refractivity contribution in [2.24, 2.45) is 4.99 Å². The van der Waals surface area contributed by atoms with Crippen LogP contribution in [0.2, 0.25) is 0 Å². The molecule has 4 heterocycles. The van der Waals surface area contributed by atoms with Crippen LogP contribution in [0.4, 0.5) is 11.6 Å². The summed E-state index contributed by atoms with van der Waals surface area (Å²) >= 11 is 0. The maximum absolute atomic E-state index is 13.3. The summed E-state index contributed by atoms with van der Waals surface area (Å²) in [6.45, 7) is 5.48. The van der Waals surface area contributed by atoms with Crippen LogP contribution in [0.3, 0.4) is 0 Å². The number of anilines is 1. The van der Waals surface area contributed by atoms with E-state index in [-0.39, 0.29) is 34.4 Å². The van der Waals surface area contributed by atoms with Gasteiger partial charge in [-0.25, -0.2) is 4.98 Å². The standard InChI is InChI=1S/C24H29N7O4/c1-15-19-13-25-24(26-20-8-7-18(14-30(20)35)28-9-11-29(34)12-10-28)27-22(19)31(17-5-3-4-6-17)23(33)21(15)16(2)32/h7-8,13-14,17,34-35H,3-6,9-12H2,1-2H3. The number of Topliss-reactive ketones (excluding diaryl/α,β-unsaturated/α-hetero) is 1. The third kappa shape index (κ3) is 4.32. The molecule has 0 aromatic carbocycles. The van der Waals surface area contributed by atoms with Gasteiger partial charge in [-0.3, -0.25) is 14.2 Å². The van der Waals surface area contributed by atoms with Crippen molar-refractivity contribution < 1.29 is 15.2 Å². The molecule has 1 aliphatic heterocycles. The molecular formula is C24H29N7O4. The Morgan fingerprint density at radius 1 is 1.11 bits per heavy atom. The highest BCUT2D eigenvalue weighted by atomic mass is 16.5. The van der Waals surface area contributed by atoms with E-state index in [4.69, 9.17) is 0 Å². The van der Waals surface area contributed by atoms with Gasteiger partial charge in [-0.15, -0.1) is 0 Å². The predicted octanol–water partition coefficient (Wildman–Crippen LogP) is 2.20. The minimum Gasteiger partial charge on any atom is -0.427 e. The number of nitrogens with zero attached hydrogens (tertiary/aromatic N) is 7. The van der Waals surface area contributed by atoms with E-state index in [1.54, 1.807) is 30.0 Å². The number of rotatable bonds is 4. The average Bonchev–Trinajstić information content (AvgIpc) is 3.35. The van der Waals surface area contributed by atoms with Gasteiger partial charge in [-0.2, -0.15) is 19.8 Å². The van der Waals surface area contributed by atoms with E-state index in [0.29, 0.717) is 42.8 Å². The monoisotopic (exact) mass is 479 g/mol. The van der Waals surface area contributed by atoms with Crippen LogP contribution in [0.15, 0.2) is 34.3 Å². The van der Waals surface area contributed by atoms with Crippen LogP contribution < -0.4 is 15.9 Å². The molecule has 5 rings (SSSR count). The van der Waals surface area contributed by atoms with Crippen molar-refractivity contribution >= 4 is 28.5 Å². The van der Waals surface area contributed by atoms with E-state index in [2.05, 4.69) is 19.9 Å². The molecule has 11 heteroatoms. The van der Waals surface area contributed by atoms with Gasteiger partial charge in [0.05, 0.1) is 17.4 Å². The molecule has 0 spiro atoms. The molecule has 1 saturated heterocycles. The lowest BCUT2D eigenvalue weighted by Crippen LogP contribution is -2.45. The summed E-state index contributed by atoms with van der Waals surface area (Å²) < 4.78 is 2.56. The number of carbonyl (C=O) groups excluding carboxylic acids is 1. The van der Waals surface area contributed by atoms with Gasteiger partial charge >= 0.3 is 0 Å². The molecule has 0 amide bonds. The highest BCUT2D eigenvalue weighted by Crippen LogP contribution is 2.32. The van der Waals surface area contributed by atoms with Gasteiger partial charge < -0.3 is 15.3 Å². The zero-order valence-corrected chi connectivity index (χ0v) is 19.9. The molecule has 184 valence electrons. The van der Waals surface area contributed by atoms with Crippen molar-refractivity contribution in [3.63, 3.8) is 0 Å². The number of piperazine rings is 1. The van der Waals surface area contributed by atoms with Crippen LogP contribution in [0.5, 0.6) is 0 Å². The third-order valence-corrected chi connectivity index (χ3v) is 6.97. The average molecular weight is 480 g/mol. The highest BCUT2D eigenvalue weighted by molar-refractivity contribution is 5.99. The van der Waals surface area contributed by atoms with E-state index in [0.717, 1.165) is 36.1 Å². The predicted molar refractivity (Wildman–Crippen MR) is 128 cm³/mol. The summed E-state index contributed by atoms with van der Waals surface area (Å²) in [5.74, 6) is -0.153. The molecule has 0 unspecified atom stereocenters. The van der Waals surface area contributed by atoms with E-state index >= 15 is 0 Å².